The van der Waals surface area contributed by atoms with Crippen molar-refractivity contribution >= 4 is 28.8 Å². The van der Waals surface area contributed by atoms with E-state index in [1.165, 1.54) is 36.1 Å². The van der Waals surface area contributed by atoms with Gasteiger partial charge in [-0.15, -0.1) is 11.3 Å². The van der Waals surface area contributed by atoms with Crippen LogP contribution < -0.4 is 9.64 Å². The van der Waals surface area contributed by atoms with Gasteiger partial charge < -0.3 is 9.64 Å². The summed E-state index contributed by atoms with van der Waals surface area (Å²) in [7, 11) is 0. The van der Waals surface area contributed by atoms with Crippen LogP contribution in [0.5, 0.6) is 5.75 Å². The minimum atomic E-state index is -0.639. The molecule has 158 valence electrons. The Morgan fingerprint density at radius 3 is 2.60 bits per heavy atom. The molecule has 1 aromatic heterocycles. The van der Waals surface area contributed by atoms with Crippen molar-refractivity contribution in [1.82, 2.24) is 4.90 Å². The zero-order valence-corrected chi connectivity index (χ0v) is 18.1. The van der Waals surface area contributed by atoms with Crippen LogP contribution in [0.2, 0.25) is 0 Å². The lowest BCUT2D eigenvalue weighted by Gasteiger charge is -2.37. The van der Waals surface area contributed by atoms with E-state index < -0.39 is 6.10 Å². The summed E-state index contributed by atoms with van der Waals surface area (Å²) in [4.78, 5) is 32.5. The highest BCUT2D eigenvalue weighted by molar-refractivity contribution is 7.14. The van der Waals surface area contributed by atoms with Crippen LogP contribution in [0.4, 0.5) is 5.69 Å². The summed E-state index contributed by atoms with van der Waals surface area (Å²) >= 11 is 1.64. The predicted molar refractivity (Wildman–Crippen MR) is 119 cm³/mol. The lowest BCUT2D eigenvalue weighted by atomic mass is 10.1. The fraction of sp³-hybridized carbons (Fsp3) is 0.500. The second kappa shape index (κ2) is 8.42. The van der Waals surface area contributed by atoms with Crippen LogP contribution in [0.25, 0.3) is 0 Å². The number of para-hydroxylation sites is 2. The molecule has 5 rings (SSSR count). The number of thiophene rings is 1. The number of hydrogen-bond donors (Lipinski definition) is 0. The second-order valence-electron chi connectivity index (χ2n) is 8.50. The number of amides is 2. The van der Waals surface area contributed by atoms with Crippen molar-refractivity contribution in [1.29, 1.82) is 0 Å². The molecule has 0 unspecified atom stereocenters. The van der Waals surface area contributed by atoms with Gasteiger partial charge in [-0.05, 0) is 68.7 Å². The quantitative estimate of drug-likeness (QED) is 0.670. The third-order valence-electron chi connectivity index (χ3n) is 6.42. The molecule has 0 spiro atoms. The van der Waals surface area contributed by atoms with Gasteiger partial charge in [0.25, 0.3) is 11.8 Å². The number of hydrogen-bond acceptors (Lipinski definition) is 4. The van der Waals surface area contributed by atoms with E-state index in [1.807, 2.05) is 29.2 Å². The van der Waals surface area contributed by atoms with E-state index >= 15 is 0 Å². The molecule has 0 radical (unpaired) electrons. The number of carbonyl (C=O) groups excluding carboxylic acids is 2. The highest BCUT2D eigenvalue weighted by Gasteiger charge is 2.37. The Hall–Kier alpha value is -2.34. The minimum absolute atomic E-state index is 0.00367. The summed E-state index contributed by atoms with van der Waals surface area (Å²) in [5, 5.41) is 0. The van der Waals surface area contributed by atoms with Crippen LogP contribution in [0.15, 0.2) is 30.3 Å². The summed E-state index contributed by atoms with van der Waals surface area (Å²) < 4.78 is 6.08. The molecule has 5 nitrogen and oxygen atoms in total. The molecule has 0 bridgehead atoms. The third kappa shape index (κ3) is 3.73. The minimum Gasteiger partial charge on any atom is -0.476 e. The maximum absolute atomic E-state index is 13.6. The molecule has 3 heterocycles. The first-order chi connectivity index (χ1) is 14.7. The van der Waals surface area contributed by atoms with Crippen molar-refractivity contribution < 1.29 is 14.3 Å². The molecule has 6 heteroatoms. The number of rotatable bonds is 2. The summed E-state index contributed by atoms with van der Waals surface area (Å²) in [6.07, 6.45) is 8.42. The molecule has 0 saturated carbocycles. The first kappa shape index (κ1) is 19.6. The lowest BCUT2D eigenvalue weighted by Crippen LogP contribution is -2.52. The summed E-state index contributed by atoms with van der Waals surface area (Å²) in [5.74, 6) is 0.606. The number of benzene rings is 1. The zero-order valence-electron chi connectivity index (χ0n) is 17.3. The molecule has 1 aromatic carbocycles. The molecule has 0 N–H and O–H groups in total. The van der Waals surface area contributed by atoms with Gasteiger partial charge in [0.05, 0.1) is 17.1 Å². The summed E-state index contributed by atoms with van der Waals surface area (Å²) in [6.45, 7) is 1.84. The Balaban J connectivity index is 1.43. The van der Waals surface area contributed by atoms with Gasteiger partial charge in [-0.2, -0.15) is 0 Å². The fourth-order valence-electron chi connectivity index (χ4n) is 4.78. The highest BCUT2D eigenvalue weighted by Crippen LogP contribution is 2.37. The van der Waals surface area contributed by atoms with Gasteiger partial charge in [0.15, 0.2) is 6.10 Å². The Labute approximate surface area is 181 Å². The van der Waals surface area contributed by atoms with Gasteiger partial charge in [0.2, 0.25) is 0 Å². The van der Waals surface area contributed by atoms with Crippen LogP contribution >= 0.6 is 11.3 Å². The second-order valence-corrected chi connectivity index (χ2v) is 9.63. The van der Waals surface area contributed by atoms with E-state index in [1.54, 1.807) is 16.2 Å². The highest BCUT2D eigenvalue weighted by atomic mass is 32.1. The van der Waals surface area contributed by atoms with Crippen molar-refractivity contribution in [2.24, 2.45) is 0 Å². The zero-order chi connectivity index (χ0) is 20.5. The van der Waals surface area contributed by atoms with Gasteiger partial charge in [0.1, 0.15) is 5.75 Å². The van der Waals surface area contributed by atoms with E-state index in [-0.39, 0.29) is 18.4 Å². The van der Waals surface area contributed by atoms with Crippen molar-refractivity contribution in [3.05, 3.63) is 45.6 Å². The molecular formula is C24H28N2O3S. The van der Waals surface area contributed by atoms with Crippen LogP contribution in [-0.2, 0) is 17.6 Å². The Morgan fingerprint density at radius 2 is 1.73 bits per heavy atom. The number of likely N-dealkylation sites (tertiary alicyclic amines) is 1. The van der Waals surface area contributed by atoms with Crippen molar-refractivity contribution in [3.8, 4) is 5.75 Å². The monoisotopic (exact) mass is 424 g/mol. The van der Waals surface area contributed by atoms with Crippen LogP contribution in [0.3, 0.4) is 0 Å². The maximum Gasteiger partial charge on any atom is 0.268 e. The first-order valence-electron chi connectivity index (χ1n) is 11.2. The van der Waals surface area contributed by atoms with Crippen LogP contribution in [-0.4, -0.2) is 42.5 Å². The predicted octanol–water partition coefficient (Wildman–Crippen LogP) is 4.44. The molecular weight excluding hydrogens is 396 g/mol. The van der Waals surface area contributed by atoms with E-state index in [2.05, 4.69) is 6.07 Å². The average Bonchev–Trinajstić information content (AvgIpc) is 3.08. The molecule has 30 heavy (non-hydrogen) atoms. The molecule has 2 aliphatic heterocycles. The Bertz CT molecular complexity index is 924. The van der Waals surface area contributed by atoms with E-state index in [4.69, 9.17) is 4.74 Å². The number of ether oxygens (including phenoxy) is 1. The Kier molecular flexibility index (Phi) is 5.50. The number of anilines is 1. The van der Waals surface area contributed by atoms with Gasteiger partial charge in [0, 0.05) is 18.0 Å². The van der Waals surface area contributed by atoms with Crippen molar-refractivity contribution in [3.63, 3.8) is 0 Å². The smallest absolute Gasteiger partial charge is 0.268 e. The fourth-order valence-corrected chi connectivity index (χ4v) is 5.98. The third-order valence-corrected chi connectivity index (χ3v) is 7.64. The molecule has 1 atom stereocenters. The van der Waals surface area contributed by atoms with E-state index in [9.17, 15) is 9.59 Å². The number of fused-ring (bicyclic) bond motifs is 2. The van der Waals surface area contributed by atoms with Gasteiger partial charge >= 0.3 is 0 Å². The van der Waals surface area contributed by atoms with Crippen LogP contribution in [0.1, 0.15) is 58.6 Å². The molecule has 2 aromatic rings. The van der Waals surface area contributed by atoms with Crippen molar-refractivity contribution in [2.75, 3.05) is 24.5 Å². The SMILES string of the molecule is O=C([C@@H]1CN(C(=O)c2cc3c(s2)CCCCC3)c2ccccc2O1)N1CCCCC1. The standard InChI is InChI=1S/C24H28N2O3S/c27-23(25-13-7-2-8-14-25)20-16-26(18-10-5-6-11-19(18)29-20)24(28)22-15-17-9-3-1-4-12-21(17)30-22/h5-6,10-11,15,20H,1-4,7-9,12-14,16H2/t20-/m0/s1. The number of carbonyl (C=O) groups is 2. The normalized spacial score (nSPS) is 21.3. The van der Waals surface area contributed by atoms with Gasteiger partial charge in [-0.1, -0.05) is 18.6 Å². The van der Waals surface area contributed by atoms with Gasteiger partial charge in [-0.3, -0.25) is 14.5 Å². The first-order valence-corrected chi connectivity index (χ1v) is 12.0. The lowest BCUT2D eigenvalue weighted by molar-refractivity contribution is -0.139. The van der Waals surface area contributed by atoms with E-state index in [0.29, 0.717) is 5.75 Å². The summed E-state index contributed by atoms with van der Waals surface area (Å²) in [5.41, 5.74) is 2.09. The number of nitrogens with zero attached hydrogens (tertiary/aromatic N) is 2. The van der Waals surface area contributed by atoms with Crippen molar-refractivity contribution in [2.45, 2.75) is 57.5 Å². The Morgan fingerprint density at radius 1 is 0.967 bits per heavy atom. The molecule has 1 saturated heterocycles. The molecule has 1 aliphatic carbocycles. The molecule has 3 aliphatic rings. The molecule has 2 amide bonds. The average molecular weight is 425 g/mol. The summed E-state index contributed by atoms with van der Waals surface area (Å²) in [6, 6.07) is 9.66. The number of aryl methyl sites for hydroxylation is 2. The topological polar surface area (TPSA) is 49.9 Å². The van der Waals surface area contributed by atoms with Crippen LogP contribution in [0, 0.1) is 0 Å². The van der Waals surface area contributed by atoms with Gasteiger partial charge in [-0.25, -0.2) is 0 Å². The number of piperidine rings is 1. The maximum atomic E-state index is 13.6. The molecule has 1 fully saturated rings. The largest absolute Gasteiger partial charge is 0.476 e. The van der Waals surface area contributed by atoms with E-state index in [0.717, 1.165) is 49.3 Å².